The zero-order valence-electron chi connectivity index (χ0n) is 11.4. The first-order chi connectivity index (χ1) is 9.15. The van der Waals surface area contributed by atoms with Gasteiger partial charge in [-0.05, 0) is 31.0 Å². The van der Waals surface area contributed by atoms with Crippen molar-refractivity contribution < 1.29 is 14.3 Å². The molecule has 1 aromatic carbocycles. The third kappa shape index (κ3) is 2.98. The maximum atomic E-state index is 12.5. The number of nitrogens with zero attached hydrogens (tertiary/aromatic N) is 1. The van der Waals surface area contributed by atoms with Crippen LogP contribution < -0.4 is 15.2 Å². The van der Waals surface area contributed by atoms with Gasteiger partial charge in [0.1, 0.15) is 11.5 Å². The molecule has 2 rings (SSSR count). The number of methoxy groups -OCH3 is 2. The lowest BCUT2D eigenvalue weighted by Crippen LogP contribution is -2.45. The molecule has 19 heavy (non-hydrogen) atoms. The van der Waals surface area contributed by atoms with Crippen LogP contribution in [0.3, 0.4) is 0 Å². The van der Waals surface area contributed by atoms with Crippen LogP contribution in [0.2, 0.25) is 0 Å². The summed E-state index contributed by atoms with van der Waals surface area (Å²) in [7, 11) is 3.13. The first-order valence-corrected chi connectivity index (χ1v) is 6.42. The lowest BCUT2D eigenvalue weighted by atomic mass is 10.0. The highest BCUT2D eigenvalue weighted by Gasteiger charge is 2.24. The van der Waals surface area contributed by atoms with Crippen LogP contribution in [0.1, 0.15) is 23.2 Å². The molecule has 1 heterocycles. The van der Waals surface area contributed by atoms with Crippen molar-refractivity contribution in [2.45, 2.75) is 18.9 Å². The SMILES string of the molecule is COc1ccc(OC)c(C(=O)N2CCCC(N)C2)c1. The third-order valence-electron chi connectivity index (χ3n) is 3.38. The molecule has 1 aliphatic rings. The topological polar surface area (TPSA) is 64.8 Å². The summed E-state index contributed by atoms with van der Waals surface area (Å²) in [6.07, 6.45) is 1.91. The summed E-state index contributed by atoms with van der Waals surface area (Å²) >= 11 is 0. The highest BCUT2D eigenvalue weighted by molar-refractivity contribution is 5.97. The summed E-state index contributed by atoms with van der Waals surface area (Å²) in [4.78, 5) is 14.3. The van der Waals surface area contributed by atoms with Gasteiger partial charge in [-0.25, -0.2) is 0 Å². The van der Waals surface area contributed by atoms with E-state index in [9.17, 15) is 4.79 Å². The number of benzene rings is 1. The number of hydrogen-bond donors (Lipinski definition) is 1. The van der Waals surface area contributed by atoms with Crippen molar-refractivity contribution >= 4 is 5.91 Å². The molecule has 1 fully saturated rings. The molecule has 1 aromatic rings. The van der Waals surface area contributed by atoms with Crippen LogP contribution in [0, 0.1) is 0 Å². The van der Waals surface area contributed by atoms with Crippen molar-refractivity contribution in [3.05, 3.63) is 23.8 Å². The highest BCUT2D eigenvalue weighted by Crippen LogP contribution is 2.26. The van der Waals surface area contributed by atoms with Gasteiger partial charge in [-0.3, -0.25) is 4.79 Å². The monoisotopic (exact) mass is 264 g/mol. The van der Waals surface area contributed by atoms with Crippen molar-refractivity contribution in [3.63, 3.8) is 0 Å². The van der Waals surface area contributed by atoms with Gasteiger partial charge in [-0.15, -0.1) is 0 Å². The van der Waals surface area contributed by atoms with E-state index in [0.29, 0.717) is 23.6 Å². The molecule has 1 saturated heterocycles. The van der Waals surface area contributed by atoms with E-state index in [1.165, 1.54) is 0 Å². The lowest BCUT2D eigenvalue weighted by molar-refractivity contribution is 0.0705. The minimum atomic E-state index is -0.0501. The Kier molecular flexibility index (Phi) is 4.27. The van der Waals surface area contributed by atoms with E-state index < -0.39 is 0 Å². The largest absolute Gasteiger partial charge is 0.497 e. The molecule has 0 saturated carbocycles. The van der Waals surface area contributed by atoms with Gasteiger partial charge in [-0.1, -0.05) is 0 Å². The van der Waals surface area contributed by atoms with Gasteiger partial charge in [0.25, 0.3) is 5.91 Å². The minimum absolute atomic E-state index is 0.0501. The van der Waals surface area contributed by atoms with Crippen LogP contribution in [-0.4, -0.2) is 44.2 Å². The van der Waals surface area contributed by atoms with Gasteiger partial charge >= 0.3 is 0 Å². The summed E-state index contributed by atoms with van der Waals surface area (Å²) < 4.78 is 10.4. The number of carbonyl (C=O) groups excluding carboxylic acids is 1. The fourth-order valence-corrected chi connectivity index (χ4v) is 2.35. The molecular formula is C14H20N2O3. The van der Waals surface area contributed by atoms with Crippen molar-refractivity contribution in [1.29, 1.82) is 0 Å². The van der Waals surface area contributed by atoms with Gasteiger partial charge in [0, 0.05) is 19.1 Å². The predicted molar refractivity (Wildman–Crippen MR) is 72.7 cm³/mol. The Balaban J connectivity index is 2.26. The second kappa shape index (κ2) is 5.93. The maximum Gasteiger partial charge on any atom is 0.257 e. The third-order valence-corrected chi connectivity index (χ3v) is 3.38. The molecule has 1 atom stereocenters. The highest BCUT2D eigenvalue weighted by atomic mass is 16.5. The van der Waals surface area contributed by atoms with Crippen LogP contribution in [0.25, 0.3) is 0 Å². The van der Waals surface area contributed by atoms with E-state index in [-0.39, 0.29) is 11.9 Å². The Morgan fingerprint density at radius 1 is 1.37 bits per heavy atom. The zero-order valence-corrected chi connectivity index (χ0v) is 11.4. The smallest absolute Gasteiger partial charge is 0.257 e. The van der Waals surface area contributed by atoms with Crippen molar-refractivity contribution in [2.24, 2.45) is 5.73 Å². The second-order valence-corrected chi connectivity index (χ2v) is 4.72. The number of rotatable bonds is 3. The molecule has 1 aliphatic heterocycles. The Hall–Kier alpha value is -1.75. The van der Waals surface area contributed by atoms with E-state index in [0.717, 1.165) is 19.4 Å². The Morgan fingerprint density at radius 2 is 2.16 bits per heavy atom. The van der Waals surface area contributed by atoms with E-state index >= 15 is 0 Å². The molecule has 2 N–H and O–H groups in total. The van der Waals surface area contributed by atoms with Gasteiger partial charge in [0.2, 0.25) is 0 Å². The van der Waals surface area contributed by atoms with E-state index in [4.69, 9.17) is 15.2 Å². The number of nitrogens with two attached hydrogens (primary N) is 1. The number of likely N-dealkylation sites (tertiary alicyclic amines) is 1. The Bertz CT molecular complexity index is 462. The molecule has 0 spiro atoms. The summed E-state index contributed by atoms with van der Waals surface area (Å²) in [6.45, 7) is 1.34. The van der Waals surface area contributed by atoms with Crippen LogP contribution in [-0.2, 0) is 0 Å². The van der Waals surface area contributed by atoms with Gasteiger partial charge in [-0.2, -0.15) is 0 Å². The summed E-state index contributed by atoms with van der Waals surface area (Å²) in [5.41, 5.74) is 6.44. The van der Waals surface area contributed by atoms with Gasteiger partial charge in [0.15, 0.2) is 0 Å². The van der Waals surface area contributed by atoms with Crippen molar-refractivity contribution in [2.75, 3.05) is 27.3 Å². The van der Waals surface area contributed by atoms with Crippen molar-refractivity contribution in [1.82, 2.24) is 4.90 Å². The van der Waals surface area contributed by atoms with E-state index in [1.54, 1.807) is 37.3 Å². The number of amides is 1. The minimum Gasteiger partial charge on any atom is -0.497 e. The summed E-state index contributed by atoms with van der Waals surface area (Å²) in [6, 6.07) is 5.30. The number of ether oxygens (including phenoxy) is 2. The number of hydrogen-bond acceptors (Lipinski definition) is 4. The van der Waals surface area contributed by atoms with E-state index in [2.05, 4.69) is 0 Å². The molecule has 104 valence electrons. The molecule has 0 radical (unpaired) electrons. The van der Waals surface area contributed by atoms with E-state index in [1.807, 2.05) is 0 Å². The molecule has 0 aliphatic carbocycles. The van der Waals surface area contributed by atoms with Crippen molar-refractivity contribution in [3.8, 4) is 11.5 Å². The first-order valence-electron chi connectivity index (χ1n) is 6.42. The standard InChI is InChI=1S/C14H20N2O3/c1-18-11-5-6-13(19-2)12(8-11)14(17)16-7-3-4-10(15)9-16/h5-6,8,10H,3-4,7,9,15H2,1-2H3. The number of piperidine rings is 1. The molecule has 5 heteroatoms. The zero-order chi connectivity index (χ0) is 13.8. The predicted octanol–water partition coefficient (Wildman–Crippen LogP) is 1.27. The number of carbonyl (C=O) groups is 1. The molecule has 5 nitrogen and oxygen atoms in total. The molecule has 1 unspecified atom stereocenters. The fourth-order valence-electron chi connectivity index (χ4n) is 2.35. The maximum absolute atomic E-state index is 12.5. The van der Waals surface area contributed by atoms with Crippen LogP contribution >= 0.6 is 0 Å². The summed E-state index contributed by atoms with van der Waals surface area (Å²) in [5, 5.41) is 0. The van der Waals surface area contributed by atoms with Gasteiger partial charge < -0.3 is 20.1 Å². The van der Waals surface area contributed by atoms with Crippen LogP contribution in [0.4, 0.5) is 0 Å². The average Bonchev–Trinajstić information content (AvgIpc) is 2.45. The molecule has 0 bridgehead atoms. The molecule has 1 amide bonds. The van der Waals surface area contributed by atoms with Gasteiger partial charge in [0.05, 0.1) is 19.8 Å². The molecular weight excluding hydrogens is 244 g/mol. The summed E-state index contributed by atoms with van der Waals surface area (Å²) in [5.74, 6) is 1.15. The average molecular weight is 264 g/mol. The first kappa shape index (κ1) is 13.7. The van der Waals surface area contributed by atoms with Crippen LogP contribution in [0.15, 0.2) is 18.2 Å². The Morgan fingerprint density at radius 3 is 2.79 bits per heavy atom. The fraction of sp³-hybridized carbons (Fsp3) is 0.500. The quantitative estimate of drug-likeness (QED) is 0.893. The molecule has 0 aromatic heterocycles. The Labute approximate surface area is 113 Å². The normalized spacial score (nSPS) is 19.1. The second-order valence-electron chi connectivity index (χ2n) is 4.72. The van der Waals surface area contributed by atoms with Crippen LogP contribution in [0.5, 0.6) is 11.5 Å². The lowest BCUT2D eigenvalue weighted by Gasteiger charge is -2.31.